The summed E-state index contributed by atoms with van der Waals surface area (Å²) in [6, 6.07) is 13.6. The summed E-state index contributed by atoms with van der Waals surface area (Å²) in [5, 5.41) is 6.17. The highest BCUT2D eigenvalue weighted by Crippen LogP contribution is 2.29. The Morgan fingerprint density at radius 2 is 1.81 bits per heavy atom. The first-order valence-corrected chi connectivity index (χ1v) is 9.22. The molecule has 2 aromatic carbocycles. The number of hydrogen-bond donors (Lipinski definition) is 2. The summed E-state index contributed by atoms with van der Waals surface area (Å²) in [5.41, 5.74) is 1.85. The number of benzene rings is 2. The third-order valence-corrected chi connectivity index (χ3v) is 5.12. The predicted molar refractivity (Wildman–Crippen MR) is 103 cm³/mol. The van der Waals surface area contributed by atoms with Crippen LogP contribution in [-0.2, 0) is 4.79 Å². The van der Waals surface area contributed by atoms with Gasteiger partial charge in [-0.1, -0.05) is 18.2 Å². The molecule has 2 N–H and O–H groups in total. The van der Waals surface area contributed by atoms with Crippen LogP contribution in [0.4, 0.5) is 11.4 Å². The molecule has 0 saturated carbocycles. The Balaban J connectivity index is 1.46. The molecule has 2 heterocycles. The van der Waals surface area contributed by atoms with Crippen molar-refractivity contribution in [2.24, 2.45) is 5.92 Å². The van der Waals surface area contributed by atoms with Crippen molar-refractivity contribution >= 4 is 29.1 Å². The van der Waals surface area contributed by atoms with E-state index in [1.54, 1.807) is 48.5 Å². The van der Waals surface area contributed by atoms with Crippen LogP contribution < -0.4 is 15.5 Å². The Morgan fingerprint density at radius 3 is 2.48 bits per heavy atom. The highest BCUT2D eigenvalue weighted by molar-refractivity contribution is 6.34. The van der Waals surface area contributed by atoms with Crippen LogP contribution in [0.15, 0.2) is 48.5 Å². The molecule has 0 spiro atoms. The lowest BCUT2D eigenvalue weighted by Crippen LogP contribution is -2.29. The fourth-order valence-electron chi connectivity index (χ4n) is 3.67. The smallest absolute Gasteiger partial charge is 0.266 e. The molecule has 1 atom stereocenters. The number of fused-ring (bicyclic) bond motifs is 1. The minimum atomic E-state index is -0.340. The van der Waals surface area contributed by atoms with E-state index in [0.717, 1.165) is 30.8 Å². The van der Waals surface area contributed by atoms with E-state index in [1.807, 2.05) is 0 Å². The minimum absolute atomic E-state index is 0.0542. The van der Waals surface area contributed by atoms with Crippen molar-refractivity contribution in [2.45, 2.75) is 19.3 Å². The van der Waals surface area contributed by atoms with Crippen LogP contribution in [0.1, 0.15) is 40.0 Å². The van der Waals surface area contributed by atoms with Crippen LogP contribution in [0.2, 0.25) is 0 Å². The molecule has 0 radical (unpaired) electrons. The lowest BCUT2D eigenvalue weighted by Gasteiger charge is -2.15. The van der Waals surface area contributed by atoms with Gasteiger partial charge in [-0.3, -0.25) is 14.4 Å². The van der Waals surface area contributed by atoms with Crippen molar-refractivity contribution in [3.8, 4) is 0 Å². The van der Waals surface area contributed by atoms with Gasteiger partial charge in [-0.15, -0.1) is 0 Å². The summed E-state index contributed by atoms with van der Waals surface area (Å²) in [6.07, 6.45) is 2.43. The number of hydrogen-bond acceptors (Lipinski definition) is 4. The number of carbonyl (C=O) groups excluding carboxylic acids is 3. The van der Waals surface area contributed by atoms with Crippen molar-refractivity contribution in [2.75, 3.05) is 23.3 Å². The van der Waals surface area contributed by atoms with Gasteiger partial charge in [0.2, 0.25) is 5.91 Å². The maximum atomic E-state index is 12.6. The molecule has 0 bridgehead atoms. The largest absolute Gasteiger partial charge is 0.326 e. The van der Waals surface area contributed by atoms with Gasteiger partial charge < -0.3 is 10.6 Å². The number of nitrogens with one attached hydrogen (secondary N) is 2. The number of imide groups is 1. The van der Waals surface area contributed by atoms with Gasteiger partial charge in [-0.25, -0.2) is 4.90 Å². The first-order chi connectivity index (χ1) is 13.1. The van der Waals surface area contributed by atoms with Crippen LogP contribution in [0.5, 0.6) is 0 Å². The van der Waals surface area contributed by atoms with Crippen LogP contribution in [-0.4, -0.2) is 30.8 Å². The van der Waals surface area contributed by atoms with Gasteiger partial charge in [0.25, 0.3) is 11.8 Å². The second-order valence-corrected chi connectivity index (χ2v) is 6.99. The predicted octanol–water partition coefficient (Wildman–Crippen LogP) is 2.82. The normalized spacial score (nSPS) is 18.7. The fraction of sp³-hybridized carbons (Fsp3) is 0.286. The number of rotatable bonds is 5. The maximum Gasteiger partial charge on any atom is 0.266 e. The average Bonchev–Trinajstić information content (AvgIpc) is 3.28. The Bertz CT molecular complexity index is 868. The van der Waals surface area contributed by atoms with Crippen molar-refractivity contribution in [3.63, 3.8) is 0 Å². The van der Waals surface area contributed by atoms with Crippen LogP contribution in [0.25, 0.3) is 0 Å². The number of carbonyl (C=O) groups is 3. The fourth-order valence-corrected chi connectivity index (χ4v) is 3.67. The van der Waals surface area contributed by atoms with Crippen LogP contribution >= 0.6 is 0 Å². The second kappa shape index (κ2) is 7.32. The summed E-state index contributed by atoms with van der Waals surface area (Å²) in [7, 11) is 0. The molecule has 1 fully saturated rings. The summed E-state index contributed by atoms with van der Waals surface area (Å²) >= 11 is 0. The van der Waals surface area contributed by atoms with E-state index in [-0.39, 0.29) is 17.7 Å². The summed E-state index contributed by atoms with van der Waals surface area (Å²) in [6.45, 7) is 2.00. The SMILES string of the molecule is O=C(CCC1CCNC1)Nc1cccc(N2C(=O)c3ccccc3C2=O)c1. The molecular formula is C21H21N3O3. The second-order valence-electron chi connectivity index (χ2n) is 6.99. The minimum Gasteiger partial charge on any atom is -0.326 e. The van der Waals surface area contributed by atoms with Crippen molar-refractivity contribution < 1.29 is 14.4 Å². The monoisotopic (exact) mass is 363 g/mol. The van der Waals surface area contributed by atoms with Gasteiger partial charge in [0.1, 0.15) is 0 Å². The Hall–Kier alpha value is -2.99. The molecule has 2 aromatic rings. The van der Waals surface area contributed by atoms with E-state index >= 15 is 0 Å². The van der Waals surface area contributed by atoms with Crippen molar-refractivity contribution in [1.82, 2.24) is 5.32 Å². The average molecular weight is 363 g/mol. The Morgan fingerprint density at radius 1 is 1.07 bits per heavy atom. The first kappa shape index (κ1) is 17.4. The van der Waals surface area contributed by atoms with Gasteiger partial charge >= 0.3 is 0 Å². The first-order valence-electron chi connectivity index (χ1n) is 9.22. The molecule has 6 heteroatoms. The summed E-state index contributed by atoms with van der Waals surface area (Å²) in [4.78, 5) is 38.6. The van der Waals surface area contributed by atoms with E-state index in [1.165, 1.54) is 0 Å². The zero-order valence-corrected chi connectivity index (χ0v) is 14.9. The van der Waals surface area contributed by atoms with Gasteiger partial charge in [0.05, 0.1) is 16.8 Å². The number of nitrogens with zero attached hydrogens (tertiary/aromatic N) is 1. The topological polar surface area (TPSA) is 78.5 Å². The molecule has 4 rings (SSSR count). The van der Waals surface area contributed by atoms with Crippen molar-refractivity contribution in [3.05, 3.63) is 59.7 Å². The van der Waals surface area contributed by atoms with Crippen LogP contribution in [0.3, 0.4) is 0 Å². The van der Waals surface area contributed by atoms with E-state index in [9.17, 15) is 14.4 Å². The standard InChI is InChI=1S/C21H21N3O3/c25-19(9-8-14-10-11-22-13-14)23-15-4-3-5-16(12-15)24-20(26)17-6-1-2-7-18(17)21(24)27/h1-7,12,14,22H,8-11,13H2,(H,23,25). The highest BCUT2D eigenvalue weighted by Gasteiger charge is 2.36. The van der Waals surface area contributed by atoms with Crippen LogP contribution in [0, 0.1) is 5.92 Å². The molecular weight excluding hydrogens is 342 g/mol. The van der Waals surface area contributed by atoms with Gasteiger partial charge in [0.15, 0.2) is 0 Å². The molecule has 2 aliphatic heterocycles. The lowest BCUT2D eigenvalue weighted by atomic mass is 10.0. The molecule has 0 aliphatic carbocycles. The maximum absolute atomic E-state index is 12.6. The van der Waals surface area contributed by atoms with E-state index < -0.39 is 0 Å². The Kier molecular flexibility index (Phi) is 4.73. The zero-order chi connectivity index (χ0) is 18.8. The molecule has 27 heavy (non-hydrogen) atoms. The highest BCUT2D eigenvalue weighted by atomic mass is 16.2. The van der Waals surface area contributed by atoms with Gasteiger partial charge in [-0.05, 0) is 62.2 Å². The Labute approximate surface area is 157 Å². The van der Waals surface area contributed by atoms with E-state index in [2.05, 4.69) is 10.6 Å². The number of amides is 3. The molecule has 3 amide bonds. The summed E-state index contributed by atoms with van der Waals surface area (Å²) < 4.78 is 0. The zero-order valence-electron chi connectivity index (χ0n) is 14.9. The molecule has 1 unspecified atom stereocenters. The molecule has 0 aromatic heterocycles. The van der Waals surface area contributed by atoms with Crippen molar-refractivity contribution in [1.29, 1.82) is 0 Å². The quantitative estimate of drug-likeness (QED) is 0.801. The van der Waals surface area contributed by atoms with E-state index in [4.69, 9.17) is 0 Å². The lowest BCUT2D eigenvalue weighted by molar-refractivity contribution is -0.116. The number of anilines is 2. The third kappa shape index (κ3) is 3.48. The third-order valence-electron chi connectivity index (χ3n) is 5.12. The molecule has 2 aliphatic rings. The van der Waals surface area contributed by atoms with Gasteiger partial charge in [-0.2, -0.15) is 0 Å². The summed E-state index contributed by atoms with van der Waals surface area (Å²) in [5.74, 6) is -0.178. The molecule has 6 nitrogen and oxygen atoms in total. The van der Waals surface area contributed by atoms with Gasteiger partial charge in [0, 0.05) is 12.1 Å². The van der Waals surface area contributed by atoms with E-state index in [0.29, 0.717) is 34.8 Å². The molecule has 1 saturated heterocycles. The molecule has 138 valence electrons.